The Hall–Kier alpha value is -3.55. The molecule has 154 valence electrons. The van der Waals surface area contributed by atoms with Crippen molar-refractivity contribution in [3.63, 3.8) is 0 Å². The van der Waals surface area contributed by atoms with Crippen molar-refractivity contribution in [3.8, 4) is 0 Å². The van der Waals surface area contributed by atoms with Gasteiger partial charge < -0.3 is 9.88 Å². The zero-order valence-electron chi connectivity index (χ0n) is 15.9. The molecule has 0 bridgehead atoms. The van der Waals surface area contributed by atoms with Crippen molar-refractivity contribution < 1.29 is 18.0 Å². The van der Waals surface area contributed by atoms with E-state index in [1.54, 1.807) is 28.8 Å². The number of amides is 1. The number of aromatic nitrogens is 3. The first-order chi connectivity index (χ1) is 14.5. The van der Waals surface area contributed by atoms with Gasteiger partial charge in [0.1, 0.15) is 17.3 Å². The summed E-state index contributed by atoms with van der Waals surface area (Å²) < 4.78 is 42.6. The van der Waals surface area contributed by atoms with E-state index in [2.05, 4.69) is 10.3 Å². The molecule has 0 atom stereocenters. The van der Waals surface area contributed by atoms with E-state index in [-0.39, 0.29) is 37.1 Å². The average molecular weight is 412 g/mol. The second-order valence-corrected chi connectivity index (χ2v) is 6.80. The van der Waals surface area contributed by atoms with Crippen molar-refractivity contribution in [2.24, 2.45) is 0 Å². The maximum atomic E-state index is 14.2. The topological polar surface area (TPSA) is 51.9 Å². The molecule has 1 amide bonds. The lowest BCUT2D eigenvalue weighted by Gasteiger charge is -2.12. The Balaban J connectivity index is 1.56. The molecule has 5 nitrogen and oxygen atoms in total. The van der Waals surface area contributed by atoms with Crippen LogP contribution in [0.4, 0.5) is 13.2 Å². The Morgan fingerprint density at radius 2 is 1.87 bits per heavy atom. The van der Waals surface area contributed by atoms with Gasteiger partial charge in [-0.15, -0.1) is 0 Å². The van der Waals surface area contributed by atoms with Crippen LogP contribution >= 0.6 is 0 Å². The number of halogens is 3. The van der Waals surface area contributed by atoms with E-state index in [0.717, 1.165) is 15.5 Å². The number of alkyl halides is 2. The van der Waals surface area contributed by atoms with Gasteiger partial charge in [-0.1, -0.05) is 36.4 Å². The number of rotatable bonds is 7. The van der Waals surface area contributed by atoms with Gasteiger partial charge in [0, 0.05) is 41.8 Å². The third-order valence-electron chi connectivity index (χ3n) is 4.92. The van der Waals surface area contributed by atoms with E-state index in [4.69, 9.17) is 0 Å². The summed E-state index contributed by atoms with van der Waals surface area (Å²) in [6.45, 7) is -2.34. The van der Waals surface area contributed by atoms with Crippen LogP contribution < -0.4 is 5.32 Å². The van der Waals surface area contributed by atoms with Gasteiger partial charge in [0.05, 0.1) is 6.54 Å². The van der Waals surface area contributed by atoms with Gasteiger partial charge in [-0.2, -0.15) is 8.78 Å². The van der Waals surface area contributed by atoms with Crippen molar-refractivity contribution in [2.75, 3.05) is 6.54 Å². The molecule has 8 heteroatoms. The Morgan fingerprint density at radius 3 is 2.67 bits per heavy atom. The molecule has 0 spiro atoms. The van der Waals surface area contributed by atoms with Gasteiger partial charge in [0.25, 0.3) is 5.91 Å². The fourth-order valence-corrected chi connectivity index (χ4v) is 3.46. The number of para-hydroxylation sites is 1. The molecule has 0 unspecified atom stereocenters. The normalized spacial score (nSPS) is 11.3. The van der Waals surface area contributed by atoms with Crippen LogP contribution in [-0.2, 0) is 13.0 Å². The number of hydrogen-bond donors (Lipinski definition) is 1. The molecule has 2 heterocycles. The highest BCUT2D eigenvalue weighted by Crippen LogP contribution is 2.22. The van der Waals surface area contributed by atoms with Crippen LogP contribution in [0.3, 0.4) is 0 Å². The second kappa shape index (κ2) is 8.44. The number of nitrogens with zero attached hydrogens (tertiary/aromatic N) is 3. The van der Waals surface area contributed by atoms with E-state index in [0.29, 0.717) is 11.3 Å². The lowest BCUT2D eigenvalue weighted by atomic mass is 10.2. The average Bonchev–Trinajstić information content (AvgIpc) is 3.35. The van der Waals surface area contributed by atoms with Crippen LogP contribution in [0, 0.1) is 5.82 Å². The van der Waals surface area contributed by atoms with Crippen LogP contribution in [0.1, 0.15) is 28.4 Å². The Morgan fingerprint density at radius 1 is 1.10 bits per heavy atom. The molecular weight excluding hydrogens is 393 g/mol. The monoisotopic (exact) mass is 412 g/mol. The summed E-state index contributed by atoms with van der Waals surface area (Å²) in [5.74, 6) is -0.518. The molecule has 0 radical (unpaired) electrons. The molecule has 0 saturated carbocycles. The molecule has 30 heavy (non-hydrogen) atoms. The van der Waals surface area contributed by atoms with E-state index in [1.807, 2.05) is 24.3 Å². The highest BCUT2D eigenvalue weighted by Gasteiger charge is 2.17. The minimum atomic E-state index is -2.68. The predicted octanol–water partition coefficient (Wildman–Crippen LogP) is 4.39. The molecule has 0 saturated heterocycles. The summed E-state index contributed by atoms with van der Waals surface area (Å²) in [5, 5.41) is 3.61. The lowest BCUT2D eigenvalue weighted by molar-refractivity contribution is 0.0670. The third-order valence-corrected chi connectivity index (χ3v) is 4.92. The minimum absolute atomic E-state index is 0.143. The van der Waals surface area contributed by atoms with Gasteiger partial charge in [-0.05, 0) is 18.2 Å². The van der Waals surface area contributed by atoms with Gasteiger partial charge in [-0.25, -0.2) is 9.37 Å². The lowest BCUT2D eigenvalue weighted by Crippen LogP contribution is -2.28. The van der Waals surface area contributed by atoms with Crippen LogP contribution in [0.2, 0.25) is 0 Å². The highest BCUT2D eigenvalue weighted by atomic mass is 19.3. The summed E-state index contributed by atoms with van der Waals surface area (Å²) in [6.07, 6.45) is 2.67. The third kappa shape index (κ3) is 3.94. The Labute approximate surface area is 170 Å². The molecule has 4 rings (SSSR count). The van der Waals surface area contributed by atoms with Gasteiger partial charge in [-0.3, -0.25) is 9.36 Å². The summed E-state index contributed by atoms with van der Waals surface area (Å²) in [5.41, 5.74) is 1.64. The molecule has 0 aliphatic rings. The number of fused-ring (bicyclic) bond motifs is 1. The standard InChI is InChI=1S/C22H19F3N4O/c23-17-7-3-1-6-16(17)14-29-18-8-4-2-5-15(18)13-19(29)21(30)27-10-9-20-26-11-12-28(20)22(24)25/h1-8,11-13,22H,9-10,14H2,(H,27,30). The summed E-state index contributed by atoms with van der Waals surface area (Å²) >= 11 is 0. The molecule has 0 aliphatic carbocycles. The molecule has 0 aliphatic heterocycles. The van der Waals surface area contributed by atoms with E-state index in [9.17, 15) is 18.0 Å². The number of carbonyl (C=O) groups excluding carboxylic acids is 1. The summed E-state index contributed by atoms with van der Waals surface area (Å²) in [6, 6.07) is 15.6. The van der Waals surface area contributed by atoms with Gasteiger partial charge >= 0.3 is 6.55 Å². The quantitative estimate of drug-likeness (QED) is 0.489. The number of nitrogens with one attached hydrogen (secondary N) is 1. The van der Waals surface area contributed by atoms with Crippen LogP contribution in [0.25, 0.3) is 10.9 Å². The fourth-order valence-electron chi connectivity index (χ4n) is 3.46. The largest absolute Gasteiger partial charge is 0.350 e. The SMILES string of the molecule is O=C(NCCc1nccn1C(F)F)c1cc2ccccc2n1Cc1ccccc1F. The molecule has 2 aromatic carbocycles. The Kier molecular flexibility index (Phi) is 5.56. The number of carbonyl (C=O) groups is 1. The molecule has 0 fully saturated rings. The number of hydrogen-bond acceptors (Lipinski definition) is 2. The van der Waals surface area contributed by atoms with Crippen molar-refractivity contribution in [1.29, 1.82) is 0 Å². The van der Waals surface area contributed by atoms with Gasteiger partial charge in [0.15, 0.2) is 0 Å². The summed E-state index contributed by atoms with van der Waals surface area (Å²) in [4.78, 5) is 16.8. The van der Waals surface area contributed by atoms with Crippen LogP contribution in [-0.4, -0.2) is 26.6 Å². The van der Waals surface area contributed by atoms with Gasteiger partial charge in [0.2, 0.25) is 0 Å². The first-order valence-corrected chi connectivity index (χ1v) is 9.44. The molecule has 2 aromatic heterocycles. The Bertz CT molecular complexity index is 1180. The fraction of sp³-hybridized carbons (Fsp3) is 0.182. The first-order valence-electron chi connectivity index (χ1n) is 9.44. The maximum absolute atomic E-state index is 14.2. The second-order valence-electron chi connectivity index (χ2n) is 6.80. The van der Waals surface area contributed by atoms with E-state index in [1.165, 1.54) is 18.5 Å². The first kappa shape index (κ1) is 19.8. The van der Waals surface area contributed by atoms with Crippen molar-refractivity contribution in [3.05, 3.63) is 89.9 Å². The van der Waals surface area contributed by atoms with E-state index < -0.39 is 6.55 Å². The molecule has 4 aromatic rings. The van der Waals surface area contributed by atoms with Crippen molar-refractivity contribution in [1.82, 2.24) is 19.4 Å². The smallest absolute Gasteiger partial charge is 0.319 e. The molecule has 1 N–H and O–H groups in total. The van der Waals surface area contributed by atoms with E-state index >= 15 is 0 Å². The van der Waals surface area contributed by atoms with Crippen molar-refractivity contribution in [2.45, 2.75) is 19.5 Å². The highest BCUT2D eigenvalue weighted by molar-refractivity contribution is 5.98. The van der Waals surface area contributed by atoms with Crippen LogP contribution in [0.5, 0.6) is 0 Å². The summed E-state index contributed by atoms with van der Waals surface area (Å²) in [7, 11) is 0. The number of benzene rings is 2. The zero-order valence-corrected chi connectivity index (χ0v) is 15.9. The van der Waals surface area contributed by atoms with Crippen LogP contribution in [0.15, 0.2) is 67.0 Å². The molecular formula is C22H19F3N4O. The minimum Gasteiger partial charge on any atom is -0.350 e. The predicted molar refractivity (Wildman–Crippen MR) is 107 cm³/mol. The number of imidazole rings is 1. The maximum Gasteiger partial charge on any atom is 0.319 e. The zero-order chi connectivity index (χ0) is 21.1. The van der Waals surface area contributed by atoms with Crippen molar-refractivity contribution >= 4 is 16.8 Å².